The van der Waals surface area contributed by atoms with Gasteiger partial charge in [-0.1, -0.05) is 98.3 Å². The Morgan fingerprint density at radius 3 is 2.21 bits per heavy atom. The molecule has 2 atom stereocenters. The molecule has 5 aromatic carbocycles. The highest BCUT2D eigenvalue weighted by Crippen LogP contribution is 2.57. The van der Waals surface area contributed by atoms with Gasteiger partial charge in [0.1, 0.15) is 22.8 Å². The van der Waals surface area contributed by atoms with Gasteiger partial charge in [-0.25, -0.2) is 0 Å². The van der Waals surface area contributed by atoms with Gasteiger partial charge in [0.05, 0.1) is 13.7 Å². The van der Waals surface area contributed by atoms with Crippen molar-refractivity contribution in [2.45, 2.75) is 51.7 Å². The van der Waals surface area contributed by atoms with Crippen molar-refractivity contribution in [3.63, 3.8) is 0 Å². The summed E-state index contributed by atoms with van der Waals surface area (Å²) in [5.74, 6) is 2.37. The van der Waals surface area contributed by atoms with Crippen molar-refractivity contribution in [3.05, 3.63) is 149 Å². The molecule has 2 unspecified atom stereocenters. The number of methoxy groups -OCH3 is 1. The third kappa shape index (κ3) is 5.03. The zero-order valence-corrected chi connectivity index (χ0v) is 28.3. The van der Waals surface area contributed by atoms with Crippen molar-refractivity contribution in [3.8, 4) is 28.4 Å². The molecule has 1 aliphatic heterocycles. The molecule has 1 N–H and O–H groups in total. The summed E-state index contributed by atoms with van der Waals surface area (Å²) in [5, 5.41) is 14.6. The summed E-state index contributed by atoms with van der Waals surface area (Å²) in [5.41, 5.74) is 6.74. The van der Waals surface area contributed by atoms with Crippen LogP contribution in [0.25, 0.3) is 33.5 Å². The second-order valence-corrected chi connectivity index (χ2v) is 12.7. The van der Waals surface area contributed by atoms with E-state index in [2.05, 4.69) is 98.0 Å². The van der Waals surface area contributed by atoms with E-state index in [1.807, 2.05) is 51.1 Å². The lowest BCUT2D eigenvalue weighted by molar-refractivity contribution is 0.105. The molecule has 0 spiro atoms. The number of benzene rings is 5. The molecule has 0 amide bonds. The summed E-state index contributed by atoms with van der Waals surface area (Å²) < 4.78 is 18.9. The largest absolute Gasteiger partial charge is 0.497 e. The smallest absolute Gasteiger partial charge is 0.178 e. The van der Waals surface area contributed by atoms with Gasteiger partial charge in [0.15, 0.2) is 5.60 Å². The van der Waals surface area contributed by atoms with Gasteiger partial charge >= 0.3 is 0 Å². The lowest BCUT2D eigenvalue weighted by Gasteiger charge is -2.38. The molecule has 0 saturated carbocycles. The Labute approximate surface area is 283 Å². The van der Waals surface area contributed by atoms with Crippen LogP contribution in [0.5, 0.6) is 17.2 Å². The number of unbranched alkanes of at least 4 members (excludes halogenated alkanes) is 1. The first kappa shape index (κ1) is 31.5. The summed E-state index contributed by atoms with van der Waals surface area (Å²) >= 11 is 0. The van der Waals surface area contributed by atoms with Gasteiger partial charge < -0.3 is 19.3 Å². The molecule has 4 nitrogen and oxygen atoms in total. The van der Waals surface area contributed by atoms with Crippen LogP contribution in [-0.4, -0.2) is 18.8 Å². The SMILES string of the molecule is CC=CC(=CC)c1ccc2c(c1)C(C)(O)c1c3c(c4ccccc4c1-2)OC(c1ccc(OC)cc1)(c1ccc(OCCCC)cc1)C=C3. The molecule has 1 aliphatic carbocycles. The van der Waals surface area contributed by atoms with E-state index in [1.165, 1.54) is 0 Å². The summed E-state index contributed by atoms with van der Waals surface area (Å²) in [6, 6.07) is 31.1. The molecule has 5 aromatic rings. The zero-order valence-electron chi connectivity index (χ0n) is 28.3. The second kappa shape index (κ2) is 12.5. The molecule has 7 rings (SSSR count). The standard InChI is InChI=1S/C44H42O4/c1-6-9-27-47-34-22-18-32(19-23-34)44(31-16-20-33(46-5)21-17-31)26-25-38-41-40(35-13-10-11-14-36(35)42(38)48-44)37-24-15-30(29(8-3)12-7-2)28-39(37)43(41,4)45/h7-8,10-26,28,45H,6,9,27H2,1-5H3. The minimum Gasteiger partial charge on any atom is -0.497 e. The predicted octanol–water partition coefficient (Wildman–Crippen LogP) is 10.6. The third-order valence-corrected chi connectivity index (χ3v) is 9.81. The minimum absolute atomic E-state index is 0.690. The van der Waals surface area contributed by atoms with Crippen LogP contribution in [0.4, 0.5) is 0 Å². The van der Waals surface area contributed by atoms with Gasteiger partial charge in [0.2, 0.25) is 0 Å². The molecule has 2 aliphatic rings. The Bertz CT molecular complexity index is 2080. The van der Waals surface area contributed by atoms with E-state index in [0.29, 0.717) is 6.61 Å². The number of hydrogen-bond acceptors (Lipinski definition) is 4. The molecule has 0 saturated heterocycles. The van der Waals surface area contributed by atoms with Crippen molar-refractivity contribution in [2.75, 3.05) is 13.7 Å². The fraction of sp³-hybridized carbons (Fsp3) is 0.227. The Morgan fingerprint density at radius 1 is 0.875 bits per heavy atom. The zero-order chi connectivity index (χ0) is 33.5. The van der Waals surface area contributed by atoms with E-state index in [0.717, 1.165) is 90.9 Å². The lowest BCUT2D eigenvalue weighted by atomic mass is 9.80. The maximum absolute atomic E-state index is 12.5. The Balaban J connectivity index is 1.43. The minimum atomic E-state index is -1.24. The molecule has 0 aromatic heterocycles. The number of rotatable bonds is 9. The van der Waals surface area contributed by atoms with Gasteiger partial charge in [-0.3, -0.25) is 0 Å². The van der Waals surface area contributed by atoms with Crippen LogP contribution in [0.2, 0.25) is 0 Å². The summed E-state index contributed by atoms with van der Waals surface area (Å²) in [6.45, 7) is 8.83. The lowest BCUT2D eigenvalue weighted by Crippen LogP contribution is -2.35. The number of allylic oxidation sites excluding steroid dienone is 4. The average Bonchev–Trinajstić information content (AvgIpc) is 3.37. The summed E-state index contributed by atoms with van der Waals surface area (Å²) in [7, 11) is 1.68. The molecule has 1 heterocycles. The van der Waals surface area contributed by atoms with Crippen LogP contribution in [0.1, 0.15) is 73.9 Å². The van der Waals surface area contributed by atoms with Crippen LogP contribution in [0, 0.1) is 0 Å². The molecule has 0 bridgehead atoms. The van der Waals surface area contributed by atoms with Crippen molar-refractivity contribution >= 4 is 22.4 Å². The van der Waals surface area contributed by atoms with Gasteiger partial charge in [-0.15, -0.1) is 0 Å². The quantitative estimate of drug-likeness (QED) is 0.129. The first-order valence-electron chi connectivity index (χ1n) is 16.9. The number of fused-ring (bicyclic) bond motifs is 8. The van der Waals surface area contributed by atoms with E-state index in [9.17, 15) is 5.11 Å². The first-order chi connectivity index (χ1) is 23.4. The fourth-order valence-corrected chi connectivity index (χ4v) is 7.34. The predicted molar refractivity (Wildman–Crippen MR) is 197 cm³/mol. The van der Waals surface area contributed by atoms with E-state index in [1.54, 1.807) is 7.11 Å². The van der Waals surface area contributed by atoms with Crippen molar-refractivity contribution in [1.29, 1.82) is 0 Å². The van der Waals surface area contributed by atoms with Crippen LogP contribution >= 0.6 is 0 Å². The van der Waals surface area contributed by atoms with Crippen molar-refractivity contribution < 1.29 is 19.3 Å². The monoisotopic (exact) mass is 634 g/mol. The molecule has 0 fully saturated rings. The topological polar surface area (TPSA) is 47.9 Å². The highest BCUT2D eigenvalue weighted by atomic mass is 16.5. The summed E-state index contributed by atoms with van der Waals surface area (Å²) in [6.07, 6.45) is 12.6. The fourth-order valence-electron chi connectivity index (χ4n) is 7.34. The number of ether oxygens (including phenoxy) is 3. The number of aliphatic hydroxyl groups is 1. The van der Waals surface area contributed by atoms with Crippen molar-refractivity contribution in [1.82, 2.24) is 0 Å². The average molecular weight is 635 g/mol. The Kier molecular flexibility index (Phi) is 8.22. The third-order valence-electron chi connectivity index (χ3n) is 9.81. The molecular weight excluding hydrogens is 592 g/mol. The van der Waals surface area contributed by atoms with Crippen LogP contribution < -0.4 is 14.2 Å². The van der Waals surface area contributed by atoms with Gasteiger partial charge in [-0.05, 0) is 96.8 Å². The van der Waals surface area contributed by atoms with E-state index >= 15 is 0 Å². The van der Waals surface area contributed by atoms with Crippen molar-refractivity contribution in [2.24, 2.45) is 0 Å². The van der Waals surface area contributed by atoms with E-state index in [4.69, 9.17) is 14.2 Å². The second-order valence-electron chi connectivity index (χ2n) is 12.7. The van der Waals surface area contributed by atoms with E-state index in [-0.39, 0.29) is 0 Å². The van der Waals surface area contributed by atoms with Crippen LogP contribution in [-0.2, 0) is 11.2 Å². The first-order valence-corrected chi connectivity index (χ1v) is 16.9. The molecule has 0 radical (unpaired) electrons. The normalized spacial score (nSPS) is 19.6. The molecule has 242 valence electrons. The van der Waals surface area contributed by atoms with Crippen LogP contribution in [0.3, 0.4) is 0 Å². The van der Waals surface area contributed by atoms with Gasteiger partial charge in [0, 0.05) is 27.6 Å². The van der Waals surface area contributed by atoms with Gasteiger partial charge in [-0.2, -0.15) is 0 Å². The highest BCUT2D eigenvalue weighted by molar-refractivity contribution is 6.08. The Morgan fingerprint density at radius 2 is 1.56 bits per heavy atom. The van der Waals surface area contributed by atoms with Gasteiger partial charge in [0.25, 0.3) is 0 Å². The van der Waals surface area contributed by atoms with Crippen LogP contribution in [0.15, 0.2) is 115 Å². The maximum Gasteiger partial charge on any atom is 0.178 e. The highest BCUT2D eigenvalue weighted by Gasteiger charge is 2.45. The maximum atomic E-state index is 12.5. The molecule has 4 heteroatoms. The summed E-state index contributed by atoms with van der Waals surface area (Å²) in [4.78, 5) is 0. The number of hydrogen-bond donors (Lipinski definition) is 1. The molecule has 48 heavy (non-hydrogen) atoms. The van der Waals surface area contributed by atoms with E-state index < -0.39 is 11.2 Å². The molecular formula is C44H42O4. The Hall–Kier alpha value is -5.06.